The summed E-state index contributed by atoms with van der Waals surface area (Å²) in [5.74, 6) is -1.29. The Hall–Kier alpha value is -0.600. The maximum atomic E-state index is 10.7. The molecule has 0 rings (SSSR count). The Morgan fingerprint density at radius 3 is 2.00 bits per heavy atom. The first-order valence-corrected chi connectivity index (χ1v) is 0.985. The molecule has 0 unspecified atom stereocenters. The maximum absolute atomic E-state index is 10.7. The molecule has 0 bridgehead atoms. The lowest BCUT2D eigenvalue weighted by atomic mass is 11.0. The molecule has 0 aliphatic carbocycles. The van der Waals surface area contributed by atoms with E-state index < -0.39 is 5.95 Å². The molecule has 0 saturated heterocycles. The fourth-order valence-electron chi connectivity index (χ4n) is 0. The van der Waals surface area contributed by atoms with Crippen molar-refractivity contribution in [2.45, 2.75) is 0 Å². The van der Waals surface area contributed by atoms with Crippen LogP contribution in [0.5, 0.6) is 0 Å². The molecule has 0 aliphatic rings. The van der Waals surface area contributed by atoms with Gasteiger partial charge in [-0.25, -0.2) is 4.39 Å². The molecule has 0 aliphatic heterocycles. The SMILES string of the molecule is NC(F)=CF. The summed E-state index contributed by atoms with van der Waals surface area (Å²) in [6, 6.07) is 0. The molecule has 30 valence electrons. The summed E-state index contributed by atoms with van der Waals surface area (Å²) in [4.78, 5) is 0. The van der Waals surface area contributed by atoms with Gasteiger partial charge in [-0.15, -0.1) is 0 Å². The monoisotopic (exact) mass is 79.0 g/mol. The van der Waals surface area contributed by atoms with Crippen LogP contribution >= 0.6 is 0 Å². The van der Waals surface area contributed by atoms with Gasteiger partial charge in [0.2, 0.25) is 5.95 Å². The minimum Gasteiger partial charge on any atom is -0.374 e. The van der Waals surface area contributed by atoms with Gasteiger partial charge in [0, 0.05) is 0 Å². The molecule has 3 heteroatoms. The highest BCUT2D eigenvalue weighted by Gasteiger charge is 1.70. The Morgan fingerprint density at radius 1 is 1.80 bits per heavy atom. The summed E-state index contributed by atoms with van der Waals surface area (Å²) in [6.07, 6.45) is -0.306. The van der Waals surface area contributed by atoms with Gasteiger partial charge in [0.25, 0.3) is 0 Å². The van der Waals surface area contributed by atoms with E-state index in [9.17, 15) is 8.78 Å². The molecular formula is C2H3F2N. The summed E-state index contributed by atoms with van der Waals surface area (Å²) in [5.41, 5.74) is 4.11. The minimum atomic E-state index is -1.29. The Labute approximate surface area is 28.1 Å². The third-order valence-corrected chi connectivity index (χ3v) is 0.104. The first-order valence-electron chi connectivity index (χ1n) is 0.985. The lowest BCUT2D eigenvalue weighted by molar-refractivity contribution is 0.575. The quantitative estimate of drug-likeness (QED) is 0.424. The first kappa shape index (κ1) is 4.40. The van der Waals surface area contributed by atoms with Crippen molar-refractivity contribution in [3.05, 3.63) is 12.3 Å². The van der Waals surface area contributed by atoms with Crippen molar-refractivity contribution in [3.8, 4) is 0 Å². The molecule has 0 fully saturated rings. The zero-order valence-electron chi connectivity index (χ0n) is 2.41. The van der Waals surface area contributed by atoms with Crippen LogP contribution in [0.15, 0.2) is 12.3 Å². The maximum Gasteiger partial charge on any atom is 0.213 e. The van der Waals surface area contributed by atoms with Crippen LogP contribution in [0, 0.1) is 0 Å². The number of nitrogens with two attached hydrogens (primary N) is 1. The van der Waals surface area contributed by atoms with Crippen LogP contribution < -0.4 is 5.73 Å². The second kappa shape index (κ2) is 1.69. The van der Waals surface area contributed by atoms with Gasteiger partial charge in [-0.2, -0.15) is 4.39 Å². The van der Waals surface area contributed by atoms with Crippen LogP contribution in [0.3, 0.4) is 0 Å². The van der Waals surface area contributed by atoms with Gasteiger partial charge in [0.05, 0.1) is 0 Å². The van der Waals surface area contributed by atoms with E-state index in [-0.39, 0.29) is 6.33 Å². The molecule has 0 radical (unpaired) electrons. The van der Waals surface area contributed by atoms with Crippen LogP contribution in [0.1, 0.15) is 0 Å². The third kappa shape index (κ3) is 3.40. The lowest BCUT2D eigenvalue weighted by Gasteiger charge is -1.67. The van der Waals surface area contributed by atoms with Gasteiger partial charge < -0.3 is 5.73 Å². The molecule has 0 spiro atoms. The standard InChI is InChI=1S/C2H3F2N/c3-1-2(4)5/h1H,5H2. The highest BCUT2D eigenvalue weighted by molar-refractivity contribution is 4.73. The molecule has 0 heterocycles. The third-order valence-electron chi connectivity index (χ3n) is 0.104. The predicted molar refractivity (Wildman–Crippen MR) is 14.5 cm³/mol. The fraction of sp³-hybridized carbons (Fsp3) is 0. The van der Waals surface area contributed by atoms with E-state index >= 15 is 0 Å². The van der Waals surface area contributed by atoms with Gasteiger partial charge >= 0.3 is 0 Å². The van der Waals surface area contributed by atoms with E-state index in [2.05, 4.69) is 5.73 Å². The van der Waals surface area contributed by atoms with Gasteiger partial charge in [0.1, 0.15) is 6.33 Å². The van der Waals surface area contributed by atoms with Crippen LogP contribution in [0.2, 0.25) is 0 Å². The van der Waals surface area contributed by atoms with Crippen molar-refractivity contribution in [3.63, 3.8) is 0 Å². The van der Waals surface area contributed by atoms with Gasteiger partial charge in [-0.05, 0) is 0 Å². The highest BCUT2D eigenvalue weighted by atomic mass is 19.2. The smallest absolute Gasteiger partial charge is 0.213 e. The second-order valence-corrected chi connectivity index (χ2v) is 0.494. The van der Waals surface area contributed by atoms with E-state index in [0.29, 0.717) is 0 Å². The number of hydrogen-bond donors (Lipinski definition) is 1. The summed E-state index contributed by atoms with van der Waals surface area (Å²) in [6.45, 7) is 0. The van der Waals surface area contributed by atoms with Crippen molar-refractivity contribution in [2.24, 2.45) is 5.73 Å². The van der Waals surface area contributed by atoms with E-state index in [4.69, 9.17) is 0 Å². The molecular weight excluding hydrogens is 76.0 g/mol. The topological polar surface area (TPSA) is 26.0 Å². The van der Waals surface area contributed by atoms with Gasteiger partial charge in [0.15, 0.2) is 0 Å². The average Bonchev–Trinajstić information content (AvgIpc) is 1.38. The average molecular weight is 79.0 g/mol. The number of halogens is 2. The molecule has 0 amide bonds. The van der Waals surface area contributed by atoms with Crippen molar-refractivity contribution < 1.29 is 8.78 Å². The highest BCUT2D eigenvalue weighted by Crippen LogP contribution is 1.79. The fourth-order valence-corrected chi connectivity index (χ4v) is 0. The second-order valence-electron chi connectivity index (χ2n) is 0.494. The van der Waals surface area contributed by atoms with Crippen LogP contribution in [0.25, 0.3) is 0 Å². The molecule has 0 atom stereocenters. The summed E-state index contributed by atoms with van der Waals surface area (Å²) in [7, 11) is 0. The van der Waals surface area contributed by atoms with Gasteiger partial charge in [-0.1, -0.05) is 0 Å². The Balaban J connectivity index is 3.14. The number of hydrogen-bond acceptors (Lipinski definition) is 1. The van der Waals surface area contributed by atoms with Crippen LogP contribution in [-0.4, -0.2) is 0 Å². The molecule has 2 N–H and O–H groups in total. The van der Waals surface area contributed by atoms with Crippen molar-refractivity contribution in [2.75, 3.05) is 0 Å². The van der Waals surface area contributed by atoms with E-state index in [0.717, 1.165) is 0 Å². The minimum absolute atomic E-state index is 0.306. The predicted octanol–water partition coefficient (Wildman–Crippen LogP) is 0.683. The molecule has 0 saturated carbocycles. The Morgan fingerprint density at radius 2 is 2.00 bits per heavy atom. The summed E-state index contributed by atoms with van der Waals surface area (Å²) >= 11 is 0. The molecule has 0 aromatic heterocycles. The van der Waals surface area contributed by atoms with Crippen molar-refractivity contribution >= 4 is 0 Å². The Kier molecular flexibility index (Phi) is 1.49. The van der Waals surface area contributed by atoms with Crippen molar-refractivity contribution in [1.29, 1.82) is 0 Å². The van der Waals surface area contributed by atoms with E-state index in [1.807, 2.05) is 0 Å². The summed E-state index contributed by atoms with van der Waals surface area (Å²) < 4.78 is 21.1. The van der Waals surface area contributed by atoms with Crippen LogP contribution in [-0.2, 0) is 0 Å². The zero-order valence-corrected chi connectivity index (χ0v) is 2.41. The van der Waals surface area contributed by atoms with E-state index in [1.54, 1.807) is 0 Å². The normalized spacial score (nSPS) is 12.0. The van der Waals surface area contributed by atoms with Crippen molar-refractivity contribution in [1.82, 2.24) is 0 Å². The zero-order chi connectivity index (χ0) is 4.28. The molecule has 5 heavy (non-hydrogen) atoms. The largest absolute Gasteiger partial charge is 0.374 e. The molecule has 0 aromatic carbocycles. The summed E-state index contributed by atoms with van der Waals surface area (Å²) in [5, 5.41) is 0. The Bertz CT molecular complexity index is 45.6. The van der Waals surface area contributed by atoms with Crippen LogP contribution in [0.4, 0.5) is 8.78 Å². The lowest BCUT2D eigenvalue weighted by Crippen LogP contribution is -1.83. The van der Waals surface area contributed by atoms with E-state index in [1.165, 1.54) is 0 Å². The van der Waals surface area contributed by atoms with Gasteiger partial charge in [-0.3, -0.25) is 0 Å². The molecule has 0 aromatic rings. The number of rotatable bonds is 0. The molecule has 1 nitrogen and oxygen atoms in total. The first-order chi connectivity index (χ1) is 2.27.